The van der Waals surface area contributed by atoms with E-state index < -0.39 is 29.0 Å². The predicted octanol–water partition coefficient (Wildman–Crippen LogP) is 7.35. The summed E-state index contributed by atoms with van der Waals surface area (Å²) in [5, 5.41) is 8.75. The zero-order valence-corrected chi connectivity index (χ0v) is 19.4. The van der Waals surface area contributed by atoms with Crippen LogP contribution < -0.4 is 9.47 Å². The number of nitriles is 1. The molecule has 0 atom stereocenters. The normalized spacial score (nSPS) is 17.7. The standard InChI is InChI=1S/C27H30F3NO3/c1-2-3-4-5-6-18-7-9-19(10-8-18)17-33-22-14-24(29)26(25(30)15-22)27(32)34-21-12-11-20(16-31)23(28)13-21/h11-15,18-19H,2-10,17H2,1H3. The second kappa shape index (κ2) is 12.5. The molecule has 3 rings (SSSR count). The van der Waals surface area contributed by atoms with Gasteiger partial charge < -0.3 is 9.47 Å². The van der Waals surface area contributed by atoms with Gasteiger partial charge in [-0.3, -0.25) is 0 Å². The molecule has 0 saturated heterocycles. The Morgan fingerprint density at radius 1 is 0.941 bits per heavy atom. The lowest BCUT2D eigenvalue weighted by molar-refractivity contribution is 0.0724. The van der Waals surface area contributed by atoms with Crippen molar-refractivity contribution in [3.8, 4) is 17.6 Å². The van der Waals surface area contributed by atoms with Crippen LogP contribution in [0.1, 0.15) is 80.6 Å². The fraction of sp³-hybridized carbons (Fsp3) is 0.481. The lowest BCUT2D eigenvalue weighted by atomic mass is 9.80. The minimum absolute atomic E-state index is 0.0117. The second-order valence-electron chi connectivity index (χ2n) is 8.95. The summed E-state index contributed by atoms with van der Waals surface area (Å²) in [7, 11) is 0. The molecule has 0 unspecified atom stereocenters. The van der Waals surface area contributed by atoms with Gasteiger partial charge in [0.1, 0.15) is 40.6 Å². The van der Waals surface area contributed by atoms with Crippen LogP contribution in [0.2, 0.25) is 0 Å². The third kappa shape index (κ3) is 6.99. The zero-order valence-electron chi connectivity index (χ0n) is 19.4. The number of benzene rings is 2. The number of nitrogens with zero attached hydrogens (tertiary/aromatic N) is 1. The first kappa shape index (κ1) is 25.6. The molecular formula is C27H30F3NO3. The summed E-state index contributed by atoms with van der Waals surface area (Å²) in [6, 6.07) is 6.64. The molecule has 0 bridgehead atoms. The van der Waals surface area contributed by atoms with Gasteiger partial charge in [0, 0.05) is 18.2 Å². The van der Waals surface area contributed by atoms with Crippen molar-refractivity contribution in [3.63, 3.8) is 0 Å². The topological polar surface area (TPSA) is 59.3 Å². The summed E-state index contributed by atoms with van der Waals surface area (Å²) in [6.45, 7) is 2.58. The number of unbranched alkanes of at least 4 members (excludes halogenated alkanes) is 3. The van der Waals surface area contributed by atoms with Gasteiger partial charge in [0.15, 0.2) is 0 Å². The maximum absolute atomic E-state index is 14.5. The van der Waals surface area contributed by atoms with Crippen molar-refractivity contribution in [3.05, 3.63) is 58.9 Å². The van der Waals surface area contributed by atoms with Crippen LogP contribution in [0.3, 0.4) is 0 Å². The van der Waals surface area contributed by atoms with E-state index in [9.17, 15) is 18.0 Å². The summed E-state index contributed by atoms with van der Waals surface area (Å²) >= 11 is 0. The van der Waals surface area contributed by atoms with Crippen molar-refractivity contribution >= 4 is 5.97 Å². The molecule has 0 spiro atoms. The molecule has 0 amide bonds. The summed E-state index contributed by atoms with van der Waals surface area (Å²) in [5.74, 6) is -3.59. The van der Waals surface area contributed by atoms with E-state index >= 15 is 0 Å². The van der Waals surface area contributed by atoms with Crippen LogP contribution in [-0.2, 0) is 0 Å². The number of hydrogen-bond donors (Lipinski definition) is 0. The first-order chi connectivity index (χ1) is 16.4. The molecular weight excluding hydrogens is 443 g/mol. The van der Waals surface area contributed by atoms with Crippen LogP contribution in [0.15, 0.2) is 30.3 Å². The summed E-state index contributed by atoms with van der Waals surface area (Å²) in [6.07, 6.45) is 10.8. The van der Waals surface area contributed by atoms with Gasteiger partial charge in [0.2, 0.25) is 0 Å². The Balaban J connectivity index is 1.52. The molecule has 7 heteroatoms. The van der Waals surface area contributed by atoms with Gasteiger partial charge in [-0.2, -0.15) is 5.26 Å². The molecule has 0 N–H and O–H groups in total. The average Bonchev–Trinajstić information content (AvgIpc) is 2.81. The van der Waals surface area contributed by atoms with Crippen LogP contribution >= 0.6 is 0 Å². The number of carbonyl (C=O) groups excluding carboxylic acids is 1. The monoisotopic (exact) mass is 473 g/mol. The highest BCUT2D eigenvalue weighted by atomic mass is 19.1. The molecule has 1 aliphatic rings. The molecule has 0 aromatic heterocycles. The lowest BCUT2D eigenvalue weighted by Gasteiger charge is -2.28. The van der Waals surface area contributed by atoms with E-state index in [0.29, 0.717) is 12.5 Å². The molecule has 0 heterocycles. The Hall–Kier alpha value is -3.01. The number of rotatable bonds is 10. The average molecular weight is 474 g/mol. The van der Waals surface area contributed by atoms with Crippen LogP contribution in [0, 0.1) is 40.6 Å². The maximum Gasteiger partial charge on any atom is 0.349 e. The van der Waals surface area contributed by atoms with Crippen LogP contribution in [0.4, 0.5) is 13.2 Å². The van der Waals surface area contributed by atoms with Crippen molar-refractivity contribution in [1.82, 2.24) is 0 Å². The van der Waals surface area contributed by atoms with E-state index in [4.69, 9.17) is 14.7 Å². The summed E-state index contributed by atoms with van der Waals surface area (Å²) < 4.78 is 53.2. The Morgan fingerprint density at radius 2 is 1.59 bits per heavy atom. The minimum atomic E-state index is -1.30. The minimum Gasteiger partial charge on any atom is -0.493 e. The SMILES string of the molecule is CCCCCCC1CCC(COc2cc(F)c(C(=O)Oc3ccc(C#N)c(F)c3)c(F)c2)CC1. The quantitative estimate of drug-likeness (QED) is 0.206. The van der Waals surface area contributed by atoms with Gasteiger partial charge in [-0.1, -0.05) is 51.9 Å². The summed E-state index contributed by atoms with van der Waals surface area (Å²) in [4.78, 5) is 12.2. The highest BCUT2D eigenvalue weighted by Gasteiger charge is 2.24. The Kier molecular flexibility index (Phi) is 9.38. The molecule has 0 aliphatic heterocycles. The van der Waals surface area contributed by atoms with E-state index in [2.05, 4.69) is 6.92 Å². The maximum atomic E-state index is 14.5. The first-order valence-electron chi connectivity index (χ1n) is 11.9. The fourth-order valence-corrected chi connectivity index (χ4v) is 4.40. The van der Waals surface area contributed by atoms with Crippen molar-refractivity contribution in [1.29, 1.82) is 5.26 Å². The van der Waals surface area contributed by atoms with Gasteiger partial charge in [-0.15, -0.1) is 0 Å². The van der Waals surface area contributed by atoms with Gasteiger partial charge in [0.25, 0.3) is 0 Å². The highest BCUT2D eigenvalue weighted by Crippen LogP contribution is 2.33. The van der Waals surface area contributed by atoms with Crippen LogP contribution in [0.5, 0.6) is 11.5 Å². The van der Waals surface area contributed by atoms with Crippen molar-refractivity contribution < 1.29 is 27.4 Å². The molecule has 1 saturated carbocycles. The molecule has 0 radical (unpaired) electrons. The summed E-state index contributed by atoms with van der Waals surface area (Å²) in [5.41, 5.74) is -1.13. The second-order valence-corrected chi connectivity index (χ2v) is 8.95. The number of esters is 1. The van der Waals surface area contributed by atoms with E-state index in [1.165, 1.54) is 38.2 Å². The van der Waals surface area contributed by atoms with Crippen LogP contribution in [-0.4, -0.2) is 12.6 Å². The molecule has 4 nitrogen and oxygen atoms in total. The smallest absolute Gasteiger partial charge is 0.349 e. The third-order valence-electron chi connectivity index (χ3n) is 6.41. The molecule has 34 heavy (non-hydrogen) atoms. The van der Waals surface area contributed by atoms with Crippen LogP contribution in [0.25, 0.3) is 0 Å². The van der Waals surface area contributed by atoms with Crippen molar-refractivity contribution in [2.45, 2.75) is 64.7 Å². The van der Waals surface area contributed by atoms with E-state index in [-0.39, 0.29) is 17.1 Å². The van der Waals surface area contributed by atoms with Gasteiger partial charge in [-0.25, -0.2) is 18.0 Å². The van der Waals surface area contributed by atoms with E-state index in [1.54, 1.807) is 6.07 Å². The molecule has 2 aromatic carbocycles. The zero-order chi connectivity index (χ0) is 24.5. The van der Waals surface area contributed by atoms with Gasteiger partial charge in [-0.05, 0) is 36.8 Å². The number of ether oxygens (including phenoxy) is 2. The Bertz CT molecular complexity index is 1000. The first-order valence-corrected chi connectivity index (χ1v) is 11.9. The molecule has 2 aromatic rings. The van der Waals surface area contributed by atoms with E-state index in [0.717, 1.165) is 55.9 Å². The number of halogens is 3. The Labute approximate surface area is 198 Å². The van der Waals surface area contributed by atoms with Gasteiger partial charge in [0.05, 0.1) is 12.2 Å². The predicted molar refractivity (Wildman–Crippen MR) is 122 cm³/mol. The third-order valence-corrected chi connectivity index (χ3v) is 6.41. The molecule has 1 aliphatic carbocycles. The molecule has 1 fully saturated rings. The largest absolute Gasteiger partial charge is 0.493 e. The lowest BCUT2D eigenvalue weighted by Crippen LogP contribution is -2.20. The number of carbonyl (C=O) groups is 1. The fourth-order valence-electron chi connectivity index (χ4n) is 4.40. The molecule has 182 valence electrons. The van der Waals surface area contributed by atoms with Gasteiger partial charge >= 0.3 is 5.97 Å². The Morgan fingerprint density at radius 3 is 2.21 bits per heavy atom. The van der Waals surface area contributed by atoms with Crippen molar-refractivity contribution in [2.75, 3.05) is 6.61 Å². The van der Waals surface area contributed by atoms with E-state index in [1.807, 2.05) is 0 Å². The van der Waals surface area contributed by atoms with Crippen molar-refractivity contribution in [2.24, 2.45) is 11.8 Å². The highest BCUT2D eigenvalue weighted by molar-refractivity contribution is 5.91. The number of hydrogen-bond acceptors (Lipinski definition) is 4.